The van der Waals surface area contributed by atoms with Crippen molar-refractivity contribution in [2.75, 3.05) is 13.2 Å². The zero-order valence-electron chi connectivity index (χ0n) is 10.4. The number of hydrogen-bond acceptors (Lipinski definition) is 3. The molecule has 0 aliphatic carbocycles. The van der Waals surface area contributed by atoms with Crippen molar-refractivity contribution in [3.8, 4) is 0 Å². The summed E-state index contributed by atoms with van der Waals surface area (Å²) in [7, 11) is 0. The first-order valence-corrected chi connectivity index (χ1v) is 5.74. The van der Waals surface area contributed by atoms with E-state index in [0.717, 1.165) is 6.20 Å². The number of halogens is 2. The Bertz CT molecular complexity index is 380. The maximum absolute atomic E-state index is 12.2. The van der Waals surface area contributed by atoms with Crippen LogP contribution in [0.15, 0.2) is 12.3 Å². The normalized spacial score (nSPS) is 11.2. The Morgan fingerprint density at radius 1 is 1.56 bits per heavy atom. The lowest BCUT2D eigenvalue weighted by atomic mass is 10.4. The van der Waals surface area contributed by atoms with Gasteiger partial charge in [0.25, 0.3) is 5.91 Å². The fraction of sp³-hybridized carbons (Fsp3) is 0.636. The smallest absolute Gasteiger partial charge is 0.333 e. The molecule has 0 saturated carbocycles. The highest BCUT2D eigenvalue weighted by Gasteiger charge is 2.12. The van der Waals surface area contributed by atoms with E-state index in [-0.39, 0.29) is 11.8 Å². The first kappa shape index (κ1) is 14.6. The van der Waals surface area contributed by atoms with E-state index in [1.54, 1.807) is 0 Å². The minimum atomic E-state index is -2.73. The number of alkyl halides is 2. The van der Waals surface area contributed by atoms with E-state index >= 15 is 0 Å². The average molecular weight is 261 g/mol. The molecule has 0 aliphatic heterocycles. The van der Waals surface area contributed by atoms with Crippen LogP contribution in [0.4, 0.5) is 8.78 Å². The molecule has 5 nitrogen and oxygen atoms in total. The van der Waals surface area contributed by atoms with E-state index in [1.165, 1.54) is 6.07 Å². The van der Waals surface area contributed by atoms with Gasteiger partial charge in [0, 0.05) is 19.3 Å². The SMILES string of the molecule is CC(C)OCCCNC(=O)c1ccn(C(F)F)n1. The van der Waals surface area contributed by atoms with Gasteiger partial charge in [-0.05, 0) is 26.3 Å². The van der Waals surface area contributed by atoms with E-state index in [0.29, 0.717) is 24.3 Å². The van der Waals surface area contributed by atoms with Gasteiger partial charge in [0.1, 0.15) is 5.69 Å². The van der Waals surface area contributed by atoms with Gasteiger partial charge < -0.3 is 10.1 Å². The molecule has 1 amide bonds. The number of nitrogens with one attached hydrogen (secondary N) is 1. The Morgan fingerprint density at radius 3 is 2.83 bits per heavy atom. The van der Waals surface area contributed by atoms with Crippen molar-refractivity contribution in [3.05, 3.63) is 18.0 Å². The number of carbonyl (C=O) groups excluding carboxylic acids is 1. The van der Waals surface area contributed by atoms with Crippen molar-refractivity contribution in [2.45, 2.75) is 32.9 Å². The summed E-state index contributed by atoms with van der Waals surface area (Å²) in [4.78, 5) is 11.5. The second-order valence-corrected chi connectivity index (χ2v) is 3.99. The van der Waals surface area contributed by atoms with Crippen molar-refractivity contribution in [3.63, 3.8) is 0 Å². The van der Waals surface area contributed by atoms with Gasteiger partial charge in [0.2, 0.25) is 0 Å². The van der Waals surface area contributed by atoms with Crippen LogP contribution in [0.25, 0.3) is 0 Å². The number of hydrogen-bond donors (Lipinski definition) is 1. The summed E-state index contributed by atoms with van der Waals surface area (Å²) in [5, 5.41) is 6.05. The summed E-state index contributed by atoms with van der Waals surface area (Å²) in [6.07, 6.45) is 1.89. The van der Waals surface area contributed by atoms with E-state index in [2.05, 4.69) is 10.4 Å². The van der Waals surface area contributed by atoms with Crippen LogP contribution in [0, 0.1) is 0 Å². The number of aromatic nitrogens is 2. The van der Waals surface area contributed by atoms with Gasteiger partial charge in [0.15, 0.2) is 0 Å². The van der Waals surface area contributed by atoms with Gasteiger partial charge in [-0.1, -0.05) is 0 Å². The summed E-state index contributed by atoms with van der Waals surface area (Å²) in [6, 6.07) is 1.26. The highest BCUT2D eigenvalue weighted by molar-refractivity contribution is 5.92. The molecule has 18 heavy (non-hydrogen) atoms. The Kier molecular flexibility index (Phi) is 5.70. The molecule has 0 spiro atoms. The number of rotatable bonds is 7. The minimum absolute atomic E-state index is 0.0138. The number of carbonyl (C=O) groups is 1. The molecule has 0 atom stereocenters. The van der Waals surface area contributed by atoms with Crippen LogP contribution in [-0.2, 0) is 4.74 Å². The predicted molar refractivity (Wildman–Crippen MR) is 61.5 cm³/mol. The van der Waals surface area contributed by atoms with E-state index in [4.69, 9.17) is 4.74 Å². The summed E-state index contributed by atoms with van der Waals surface area (Å²) in [5.74, 6) is -0.459. The lowest BCUT2D eigenvalue weighted by molar-refractivity contribution is 0.0559. The van der Waals surface area contributed by atoms with Crippen LogP contribution in [0.5, 0.6) is 0 Å². The molecule has 1 N–H and O–H groups in total. The van der Waals surface area contributed by atoms with E-state index in [1.807, 2.05) is 13.8 Å². The molecule has 0 aliphatic rings. The molecule has 1 aromatic heterocycles. The Morgan fingerprint density at radius 2 is 2.28 bits per heavy atom. The zero-order chi connectivity index (χ0) is 13.5. The average Bonchev–Trinajstić information content (AvgIpc) is 2.77. The standard InChI is InChI=1S/C11H17F2N3O2/c1-8(2)18-7-3-5-14-10(17)9-4-6-16(15-9)11(12)13/h4,6,8,11H,3,5,7H2,1-2H3,(H,14,17). The van der Waals surface area contributed by atoms with Crippen LogP contribution in [0.1, 0.15) is 37.3 Å². The number of ether oxygens (including phenoxy) is 1. The van der Waals surface area contributed by atoms with E-state index in [9.17, 15) is 13.6 Å². The Labute approximate surface area is 104 Å². The number of amides is 1. The third-order valence-electron chi connectivity index (χ3n) is 2.10. The molecule has 0 saturated heterocycles. The second-order valence-electron chi connectivity index (χ2n) is 3.99. The van der Waals surface area contributed by atoms with Crippen molar-refractivity contribution in [2.24, 2.45) is 0 Å². The summed E-state index contributed by atoms with van der Waals surface area (Å²) in [5.41, 5.74) is -0.0138. The van der Waals surface area contributed by atoms with Crippen LogP contribution in [0.3, 0.4) is 0 Å². The molecule has 0 bridgehead atoms. The van der Waals surface area contributed by atoms with Crippen LogP contribution in [-0.4, -0.2) is 34.9 Å². The minimum Gasteiger partial charge on any atom is -0.379 e. The van der Waals surface area contributed by atoms with Crippen LogP contribution >= 0.6 is 0 Å². The molecular formula is C11H17F2N3O2. The van der Waals surface area contributed by atoms with Gasteiger partial charge in [-0.2, -0.15) is 13.9 Å². The highest BCUT2D eigenvalue weighted by atomic mass is 19.3. The number of nitrogens with zero attached hydrogens (tertiary/aromatic N) is 2. The first-order chi connectivity index (χ1) is 8.50. The van der Waals surface area contributed by atoms with Crippen molar-refractivity contribution >= 4 is 5.91 Å². The Balaban J connectivity index is 2.27. The molecule has 7 heteroatoms. The molecule has 102 valence electrons. The topological polar surface area (TPSA) is 56.1 Å². The fourth-order valence-electron chi connectivity index (χ4n) is 1.25. The van der Waals surface area contributed by atoms with Gasteiger partial charge in [-0.25, -0.2) is 4.68 Å². The fourth-order valence-corrected chi connectivity index (χ4v) is 1.25. The maximum atomic E-state index is 12.2. The summed E-state index contributed by atoms with van der Waals surface area (Å²) in [6.45, 7) is 2.09. The molecule has 1 heterocycles. The molecule has 0 unspecified atom stereocenters. The van der Waals surface area contributed by atoms with Gasteiger partial charge in [-0.15, -0.1) is 0 Å². The molecule has 0 aromatic carbocycles. The molecule has 1 rings (SSSR count). The predicted octanol–water partition coefficient (Wildman–Crippen LogP) is 1.82. The zero-order valence-corrected chi connectivity index (χ0v) is 10.4. The van der Waals surface area contributed by atoms with Crippen molar-refractivity contribution < 1.29 is 18.3 Å². The third-order valence-corrected chi connectivity index (χ3v) is 2.10. The molecule has 0 fully saturated rings. The lowest BCUT2D eigenvalue weighted by Gasteiger charge is -2.07. The molecular weight excluding hydrogens is 244 g/mol. The Hall–Kier alpha value is -1.50. The van der Waals surface area contributed by atoms with E-state index < -0.39 is 12.5 Å². The van der Waals surface area contributed by atoms with Crippen LogP contribution in [0.2, 0.25) is 0 Å². The first-order valence-electron chi connectivity index (χ1n) is 5.74. The molecule has 0 radical (unpaired) electrons. The summed E-state index contributed by atoms with van der Waals surface area (Å²) < 4.78 is 30.2. The van der Waals surface area contributed by atoms with Gasteiger partial charge in [0.05, 0.1) is 6.10 Å². The summed E-state index contributed by atoms with van der Waals surface area (Å²) >= 11 is 0. The maximum Gasteiger partial charge on any atom is 0.333 e. The molecule has 1 aromatic rings. The largest absolute Gasteiger partial charge is 0.379 e. The van der Waals surface area contributed by atoms with Crippen molar-refractivity contribution in [1.82, 2.24) is 15.1 Å². The van der Waals surface area contributed by atoms with Crippen molar-refractivity contribution in [1.29, 1.82) is 0 Å². The monoisotopic (exact) mass is 261 g/mol. The highest BCUT2D eigenvalue weighted by Crippen LogP contribution is 2.08. The second kappa shape index (κ2) is 7.05. The lowest BCUT2D eigenvalue weighted by Crippen LogP contribution is -2.26. The third kappa shape index (κ3) is 4.79. The van der Waals surface area contributed by atoms with Gasteiger partial charge in [-0.3, -0.25) is 4.79 Å². The van der Waals surface area contributed by atoms with Crippen LogP contribution < -0.4 is 5.32 Å². The quantitative estimate of drug-likeness (QED) is 0.762. The van der Waals surface area contributed by atoms with Gasteiger partial charge >= 0.3 is 6.55 Å².